The Bertz CT molecular complexity index is 296. The zero-order valence-corrected chi connectivity index (χ0v) is 10.5. The number of ether oxygens (including phenoxy) is 1. The van der Waals surface area contributed by atoms with Gasteiger partial charge < -0.3 is 26.9 Å². The van der Waals surface area contributed by atoms with Crippen LogP contribution in [0.15, 0.2) is 12.3 Å². The van der Waals surface area contributed by atoms with Crippen molar-refractivity contribution in [1.29, 1.82) is 0 Å². The fraction of sp³-hybridized carbons (Fsp3) is 0.250. The molecule has 72 valence electrons. The Hall–Kier alpha value is -0.0338. The van der Waals surface area contributed by atoms with Gasteiger partial charge in [-0.25, -0.2) is 0 Å². The first-order valence-corrected chi connectivity index (χ1v) is 3.82. The van der Waals surface area contributed by atoms with Crippen LogP contribution >= 0.6 is 11.6 Å². The van der Waals surface area contributed by atoms with E-state index in [0.29, 0.717) is 6.61 Å². The van der Waals surface area contributed by atoms with E-state index in [0.717, 1.165) is 0 Å². The summed E-state index contributed by atoms with van der Waals surface area (Å²) in [6.07, 6.45) is 1.46. The van der Waals surface area contributed by atoms with Crippen molar-refractivity contribution in [1.82, 2.24) is 4.98 Å². The number of rotatable bonds is 2. The first-order valence-electron chi connectivity index (χ1n) is 3.45. The molecule has 14 heavy (non-hydrogen) atoms. The van der Waals surface area contributed by atoms with Crippen LogP contribution < -0.4 is 12.4 Å². The maximum atomic E-state index is 11.1. The average molecular weight is 244 g/mol. The quantitative estimate of drug-likeness (QED) is 0.270. The van der Waals surface area contributed by atoms with Gasteiger partial charge in [-0.3, -0.25) is 0 Å². The van der Waals surface area contributed by atoms with E-state index in [-0.39, 0.29) is 46.2 Å². The molecule has 3 nitrogen and oxygen atoms in total. The zero-order valence-electron chi connectivity index (χ0n) is 7.59. The van der Waals surface area contributed by atoms with Gasteiger partial charge in [-0.2, -0.15) is 0 Å². The molecule has 0 N–H and O–H groups in total. The minimum atomic E-state index is -0.490. The third-order valence-corrected chi connectivity index (χ3v) is 1.46. The molecule has 1 aromatic heterocycles. The van der Waals surface area contributed by atoms with Crippen molar-refractivity contribution < 1.29 is 21.9 Å². The average Bonchev–Trinajstić information content (AvgIpc) is 2.05. The topological polar surface area (TPSA) is 39.2 Å². The summed E-state index contributed by atoms with van der Waals surface area (Å²) in [4.78, 5) is 14.8. The van der Waals surface area contributed by atoms with Crippen LogP contribution in [0, 0.1) is 6.07 Å². The van der Waals surface area contributed by atoms with Crippen LogP contribution in [0.4, 0.5) is 0 Å². The maximum absolute atomic E-state index is 11.1. The van der Waals surface area contributed by atoms with Gasteiger partial charge in [0.2, 0.25) is 0 Å². The summed E-state index contributed by atoms with van der Waals surface area (Å²) < 4.78 is 4.71. The van der Waals surface area contributed by atoms with Crippen LogP contribution in [0.2, 0.25) is 5.15 Å². The first kappa shape index (κ1) is 16.4. The van der Waals surface area contributed by atoms with Crippen molar-refractivity contribution in [3.05, 3.63) is 29.0 Å². The van der Waals surface area contributed by atoms with Crippen LogP contribution in [-0.4, -0.2) is 40.6 Å². The van der Waals surface area contributed by atoms with Gasteiger partial charge in [0.25, 0.3) is 5.97 Å². The van der Waals surface area contributed by atoms with Crippen molar-refractivity contribution in [3.63, 3.8) is 0 Å². The van der Waals surface area contributed by atoms with Gasteiger partial charge in [-0.15, -0.1) is 23.7 Å². The largest absolute Gasteiger partial charge is 2.00 e. The second-order valence-electron chi connectivity index (χ2n) is 1.98. The Labute approximate surface area is 110 Å². The molecule has 0 unspecified atom stereocenters. The Morgan fingerprint density at radius 2 is 2.36 bits per heavy atom. The molecule has 0 spiro atoms. The van der Waals surface area contributed by atoms with E-state index in [1.165, 1.54) is 12.3 Å². The van der Waals surface area contributed by atoms with Gasteiger partial charge in [-0.1, -0.05) is 6.20 Å². The van der Waals surface area contributed by atoms with Crippen LogP contribution in [0.25, 0.3) is 0 Å². The molecule has 6 heteroatoms. The van der Waals surface area contributed by atoms with Gasteiger partial charge in [0.05, 0.1) is 6.61 Å². The van der Waals surface area contributed by atoms with Crippen LogP contribution in [0.3, 0.4) is 0 Å². The van der Waals surface area contributed by atoms with Gasteiger partial charge in [0, 0.05) is 5.15 Å². The Morgan fingerprint density at radius 3 is 2.86 bits per heavy atom. The molecule has 0 saturated carbocycles. The number of pyridine rings is 1. The number of nitrogens with zero attached hydrogens (tertiary/aromatic N) is 1. The number of carbonyl (C=O) groups is 1. The summed E-state index contributed by atoms with van der Waals surface area (Å²) >= 11 is 5.61. The van der Waals surface area contributed by atoms with Gasteiger partial charge >= 0.3 is 23.1 Å². The molecule has 0 bridgehead atoms. The second-order valence-corrected chi connectivity index (χ2v) is 2.33. The number of halogens is 2. The third kappa shape index (κ3) is 4.46. The molecular weight excluding hydrogens is 237 g/mol. The van der Waals surface area contributed by atoms with Gasteiger partial charge in [0.1, 0.15) is 0 Å². The van der Waals surface area contributed by atoms with Crippen molar-refractivity contribution in [2.45, 2.75) is 6.92 Å². The molecule has 0 aliphatic rings. The van der Waals surface area contributed by atoms with Crippen LogP contribution in [0.1, 0.15) is 17.3 Å². The molecule has 0 aromatic carbocycles. The molecule has 0 atom stereocenters. The monoisotopic (exact) mass is 243 g/mol. The fourth-order valence-corrected chi connectivity index (χ4v) is 0.882. The summed E-state index contributed by atoms with van der Waals surface area (Å²) in [6, 6.07) is 4.16. The van der Waals surface area contributed by atoms with Crippen molar-refractivity contribution in [3.8, 4) is 0 Å². The van der Waals surface area contributed by atoms with Gasteiger partial charge in [0.15, 0.2) is 0 Å². The van der Waals surface area contributed by atoms with Crippen molar-refractivity contribution >= 4 is 40.6 Å². The summed E-state index contributed by atoms with van der Waals surface area (Å²) in [5, 5.41) is 0.121. The van der Waals surface area contributed by atoms with E-state index in [1.807, 2.05) is 0 Å². The standard InChI is InChI=1S/C8H7ClNO2.ClH.Mg/c1-2-12-8(11)6-4-3-5-10-7(6)9;;/h3,5H,2H2,1H3;1H;/q-1;;+2/p-1. The van der Waals surface area contributed by atoms with E-state index in [4.69, 9.17) is 16.3 Å². The van der Waals surface area contributed by atoms with Crippen LogP contribution in [-0.2, 0) is 4.74 Å². The third-order valence-electron chi connectivity index (χ3n) is 1.18. The number of hydrogen-bond donors (Lipinski definition) is 0. The molecule has 0 aliphatic heterocycles. The normalized spacial score (nSPS) is 8.14. The number of carbonyl (C=O) groups excluding carboxylic acids is 1. The molecule has 1 heterocycles. The molecule has 0 aliphatic carbocycles. The zero-order chi connectivity index (χ0) is 8.97. The first-order chi connectivity index (χ1) is 5.75. The van der Waals surface area contributed by atoms with E-state index in [1.54, 1.807) is 6.92 Å². The van der Waals surface area contributed by atoms with Crippen molar-refractivity contribution in [2.24, 2.45) is 0 Å². The van der Waals surface area contributed by atoms with Crippen molar-refractivity contribution in [2.75, 3.05) is 6.61 Å². The molecule has 0 amide bonds. The smallest absolute Gasteiger partial charge is 1.00 e. The molecular formula is C8H7Cl2MgNO2. The molecule has 0 saturated heterocycles. The number of esters is 1. The minimum absolute atomic E-state index is 0. The minimum Gasteiger partial charge on any atom is -1.00 e. The SMILES string of the molecule is CCOC(=O)c1[c-]ccnc1Cl.[Cl-].[Mg+2]. The number of aromatic nitrogens is 1. The summed E-state index contributed by atoms with van der Waals surface area (Å²) in [5.41, 5.74) is 0.181. The van der Waals surface area contributed by atoms with E-state index < -0.39 is 5.97 Å². The Kier molecular flexibility index (Phi) is 9.71. The number of hydrogen-bond acceptors (Lipinski definition) is 3. The summed E-state index contributed by atoms with van der Waals surface area (Å²) in [6.45, 7) is 2.04. The Balaban J connectivity index is 0. The second kappa shape index (κ2) is 8.29. The summed E-state index contributed by atoms with van der Waals surface area (Å²) in [7, 11) is 0. The molecule has 0 fully saturated rings. The molecule has 1 rings (SSSR count). The van der Waals surface area contributed by atoms with E-state index in [2.05, 4.69) is 11.1 Å². The summed E-state index contributed by atoms with van der Waals surface area (Å²) in [5.74, 6) is -0.490. The molecule has 1 aromatic rings. The Morgan fingerprint density at radius 1 is 1.71 bits per heavy atom. The van der Waals surface area contributed by atoms with E-state index >= 15 is 0 Å². The predicted octanol–water partition coefficient (Wildman–Crippen LogP) is -1.66. The fourth-order valence-electron chi connectivity index (χ4n) is 0.694. The predicted molar refractivity (Wildman–Crippen MR) is 49.8 cm³/mol. The molecule has 0 radical (unpaired) electrons. The van der Waals surface area contributed by atoms with Crippen LogP contribution in [0.5, 0.6) is 0 Å². The van der Waals surface area contributed by atoms with Gasteiger partial charge in [-0.05, 0) is 12.5 Å². The maximum Gasteiger partial charge on any atom is 2.00 e. The van der Waals surface area contributed by atoms with E-state index in [9.17, 15) is 4.79 Å².